The van der Waals surface area contributed by atoms with Crippen LogP contribution in [0.25, 0.3) is 0 Å². The maximum Gasteiger partial charge on any atom is 0.128 e. The van der Waals surface area contributed by atoms with Crippen LogP contribution in [0.2, 0.25) is 0 Å². The molecule has 2 N–H and O–H groups in total. The highest BCUT2D eigenvalue weighted by atomic mass is 19.1. The highest BCUT2D eigenvalue weighted by Gasteiger charge is 2.19. The van der Waals surface area contributed by atoms with Gasteiger partial charge in [-0.25, -0.2) is 4.39 Å². The first-order valence-electron chi connectivity index (χ1n) is 6.52. The first-order valence-corrected chi connectivity index (χ1v) is 6.52. The van der Waals surface area contributed by atoms with Gasteiger partial charge in [0, 0.05) is 31.5 Å². The molecule has 1 aliphatic rings. The lowest BCUT2D eigenvalue weighted by molar-refractivity contribution is 0.116. The van der Waals surface area contributed by atoms with Crippen molar-refractivity contribution in [2.24, 2.45) is 5.73 Å². The molecule has 3 nitrogen and oxygen atoms in total. The maximum absolute atomic E-state index is 13.8. The van der Waals surface area contributed by atoms with Crippen LogP contribution in [0.1, 0.15) is 18.4 Å². The Hall–Kier alpha value is -1.13. The SMILES string of the molecule is CN(CC1CCCO1)c1cccc(F)c1CCN. The topological polar surface area (TPSA) is 38.5 Å². The number of likely N-dealkylation sites (N-methyl/N-ethyl adjacent to an activating group) is 1. The molecule has 0 aromatic heterocycles. The molecule has 0 aliphatic carbocycles. The summed E-state index contributed by atoms with van der Waals surface area (Å²) >= 11 is 0. The van der Waals surface area contributed by atoms with E-state index in [9.17, 15) is 4.39 Å². The normalized spacial score (nSPS) is 19.2. The number of anilines is 1. The highest BCUT2D eigenvalue weighted by molar-refractivity contribution is 5.54. The monoisotopic (exact) mass is 252 g/mol. The number of hydrogen-bond donors (Lipinski definition) is 1. The van der Waals surface area contributed by atoms with Crippen molar-refractivity contribution < 1.29 is 9.13 Å². The van der Waals surface area contributed by atoms with Crippen LogP contribution >= 0.6 is 0 Å². The van der Waals surface area contributed by atoms with Gasteiger partial charge in [-0.2, -0.15) is 0 Å². The molecule has 1 unspecified atom stereocenters. The zero-order valence-electron chi connectivity index (χ0n) is 10.9. The van der Waals surface area contributed by atoms with Crippen LogP contribution < -0.4 is 10.6 Å². The number of hydrogen-bond acceptors (Lipinski definition) is 3. The lowest BCUT2D eigenvalue weighted by Crippen LogP contribution is -2.29. The largest absolute Gasteiger partial charge is 0.376 e. The maximum atomic E-state index is 13.8. The molecule has 0 radical (unpaired) electrons. The summed E-state index contributed by atoms with van der Waals surface area (Å²) in [6.07, 6.45) is 3.05. The molecule has 1 fully saturated rings. The average Bonchev–Trinajstić information content (AvgIpc) is 2.84. The smallest absolute Gasteiger partial charge is 0.128 e. The Morgan fingerprint density at radius 3 is 3.00 bits per heavy atom. The molecule has 1 atom stereocenters. The minimum Gasteiger partial charge on any atom is -0.376 e. The van der Waals surface area contributed by atoms with E-state index in [1.54, 1.807) is 6.07 Å². The van der Waals surface area contributed by atoms with Gasteiger partial charge in [-0.3, -0.25) is 0 Å². The van der Waals surface area contributed by atoms with E-state index >= 15 is 0 Å². The van der Waals surface area contributed by atoms with E-state index in [-0.39, 0.29) is 11.9 Å². The quantitative estimate of drug-likeness (QED) is 0.870. The predicted octanol–water partition coefficient (Wildman–Crippen LogP) is 1.94. The predicted molar refractivity (Wildman–Crippen MR) is 71.4 cm³/mol. The van der Waals surface area contributed by atoms with Crippen molar-refractivity contribution in [1.82, 2.24) is 0 Å². The van der Waals surface area contributed by atoms with Crippen LogP contribution in [0.15, 0.2) is 18.2 Å². The van der Waals surface area contributed by atoms with E-state index in [1.807, 2.05) is 13.1 Å². The Morgan fingerprint density at radius 1 is 1.50 bits per heavy atom. The van der Waals surface area contributed by atoms with Crippen molar-refractivity contribution >= 4 is 5.69 Å². The molecule has 0 bridgehead atoms. The van der Waals surface area contributed by atoms with Gasteiger partial charge in [-0.05, 0) is 37.9 Å². The first-order chi connectivity index (χ1) is 8.72. The summed E-state index contributed by atoms with van der Waals surface area (Å²) in [4.78, 5) is 2.07. The second-order valence-corrected chi connectivity index (χ2v) is 4.79. The van der Waals surface area contributed by atoms with Crippen LogP contribution in [0.5, 0.6) is 0 Å². The van der Waals surface area contributed by atoms with Gasteiger partial charge in [0.25, 0.3) is 0 Å². The van der Waals surface area contributed by atoms with Crippen molar-refractivity contribution in [3.05, 3.63) is 29.6 Å². The third-order valence-corrected chi connectivity index (χ3v) is 3.40. The lowest BCUT2D eigenvalue weighted by Gasteiger charge is -2.25. The number of nitrogens with two attached hydrogens (primary N) is 1. The summed E-state index contributed by atoms with van der Waals surface area (Å²) in [5.41, 5.74) is 7.19. The van der Waals surface area contributed by atoms with Gasteiger partial charge in [0.15, 0.2) is 0 Å². The summed E-state index contributed by atoms with van der Waals surface area (Å²) in [5.74, 6) is -0.169. The lowest BCUT2D eigenvalue weighted by atomic mass is 10.1. The van der Waals surface area contributed by atoms with Crippen molar-refractivity contribution in [3.63, 3.8) is 0 Å². The highest BCUT2D eigenvalue weighted by Crippen LogP contribution is 2.24. The van der Waals surface area contributed by atoms with Gasteiger partial charge in [0.2, 0.25) is 0 Å². The number of ether oxygens (including phenoxy) is 1. The summed E-state index contributed by atoms with van der Waals surface area (Å²) in [7, 11) is 1.98. The fraction of sp³-hybridized carbons (Fsp3) is 0.571. The van der Waals surface area contributed by atoms with Gasteiger partial charge in [-0.15, -0.1) is 0 Å². The molecule has 1 aliphatic heterocycles. The third-order valence-electron chi connectivity index (χ3n) is 3.40. The molecule has 0 amide bonds. The molecule has 0 saturated carbocycles. The molecular formula is C14H21FN2O. The number of halogens is 1. The Kier molecular flexibility index (Phi) is 4.55. The molecular weight excluding hydrogens is 231 g/mol. The van der Waals surface area contributed by atoms with E-state index in [0.717, 1.165) is 31.7 Å². The zero-order valence-corrected chi connectivity index (χ0v) is 10.9. The number of rotatable bonds is 5. The van der Waals surface area contributed by atoms with Crippen LogP contribution in [0, 0.1) is 5.82 Å². The average molecular weight is 252 g/mol. The van der Waals surface area contributed by atoms with Crippen molar-refractivity contribution in [1.29, 1.82) is 0 Å². The summed E-state index contributed by atoms with van der Waals surface area (Å²) in [5, 5.41) is 0. The number of nitrogens with zero attached hydrogens (tertiary/aromatic N) is 1. The Balaban J connectivity index is 2.12. The summed E-state index contributed by atoms with van der Waals surface area (Å²) in [6, 6.07) is 5.19. The molecule has 1 saturated heterocycles. The van der Waals surface area contributed by atoms with Gasteiger partial charge in [-0.1, -0.05) is 6.07 Å². The first kappa shape index (κ1) is 13.3. The summed E-state index contributed by atoms with van der Waals surface area (Å²) < 4.78 is 19.4. The van der Waals surface area contributed by atoms with Crippen LogP contribution in [0.4, 0.5) is 10.1 Å². The van der Waals surface area contributed by atoms with Gasteiger partial charge in [0.05, 0.1) is 6.10 Å². The third kappa shape index (κ3) is 3.00. The molecule has 2 rings (SSSR count). The molecule has 1 aromatic carbocycles. The Bertz CT molecular complexity index is 391. The van der Waals surface area contributed by atoms with Crippen LogP contribution in [0.3, 0.4) is 0 Å². The van der Waals surface area contributed by atoms with E-state index in [1.165, 1.54) is 6.07 Å². The molecule has 1 heterocycles. The molecule has 0 spiro atoms. The Morgan fingerprint density at radius 2 is 2.33 bits per heavy atom. The van der Waals surface area contributed by atoms with E-state index in [4.69, 9.17) is 10.5 Å². The summed E-state index contributed by atoms with van der Waals surface area (Å²) in [6.45, 7) is 2.11. The Labute approximate surface area is 108 Å². The van der Waals surface area contributed by atoms with Crippen LogP contribution in [-0.4, -0.2) is 32.8 Å². The molecule has 100 valence electrons. The molecule has 18 heavy (non-hydrogen) atoms. The number of benzene rings is 1. The van der Waals surface area contributed by atoms with E-state index in [2.05, 4.69) is 4.90 Å². The van der Waals surface area contributed by atoms with E-state index < -0.39 is 0 Å². The fourth-order valence-corrected chi connectivity index (χ4v) is 2.49. The molecule has 1 aromatic rings. The minimum absolute atomic E-state index is 0.169. The second kappa shape index (κ2) is 6.16. The van der Waals surface area contributed by atoms with Gasteiger partial charge < -0.3 is 15.4 Å². The van der Waals surface area contributed by atoms with E-state index in [0.29, 0.717) is 18.5 Å². The second-order valence-electron chi connectivity index (χ2n) is 4.79. The van der Waals surface area contributed by atoms with Crippen LogP contribution in [-0.2, 0) is 11.2 Å². The molecule has 4 heteroatoms. The van der Waals surface area contributed by atoms with Gasteiger partial charge in [0.1, 0.15) is 5.82 Å². The van der Waals surface area contributed by atoms with Gasteiger partial charge >= 0.3 is 0 Å². The van der Waals surface area contributed by atoms with Crippen molar-refractivity contribution in [3.8, 4) is 0 Å². The standard InChI is InChI=1S/C14H21FN2O/c1-17(10-11-4-3-9-18-11)14-6-2-5-13(15)12(14)7-8-16/h2,5-6,11H,3-4,7-10,16H2,1H3. The zero-order chi connectivity index (χ0) is 13.0. The van der Waals surface area contributed by atoms with Crippen molar-refractivity contribution in [2.45, 2.75) is 25.4 Å². The minimum atomic E-state index is -0.169. The fourth-order valence-electron chi connectivity index (χ4n) is 2.49. The van der Waals surface area contributed by atoms with Crippen molar-refractivity contribution in [2.75, 3.05) is 31.6 Å².